The molecule has 1 spiro atoms. The molecule has 6 nitrogen and oxygen atoms in total. The number of hydrogen-bond donors (Lipinski definition) is 3. The van der Waals surface area contributed by atoms with Crippen molar-refractivity contribution in [2.75, 3.05) is 17.7 Å². The van der Waals surface area contributed by atoms with Crippen molar-refractivity contribution in [2.24, 2.45) is 11.8 Å². The van der Waals surface area contributed by atoms with Crippen molar-refractivity contribution in [1.82, 2.24) is 5.32 Å². The molecule has 2 heterocycles. The number of methoxy groups -OCH3 is 1. The van der Waals surface area contributed by atoms with Gasteiger partial charge in [-0.2, -0.15) is 0 Å². The number of amides is 2. The molecular formula is C23H25ClFN3O3. The lowest BCUT2D eigenvalue weighted by molar-refractivity contribution is -0.130. The van der Waals surface area contributed by atoms with Crippen LogP contribution >= 0.6 is 11.6 Å². The van der Waals surface area contributed by atoms with Crippen LogP contribution in [0.3, 0.4) is 0 Å². The molecule has 2 aromatic rings. The molecule has 2 aliphatic rings. The van der Waals surface area contributed by atoms with Gasteiger partial charge in [0.1, 0.15) is 17.1 Å². The molecule has 1 saturated heterocycles. The SMILES string of the molecule is COc1ccc(Cl)cc1NC(=O)[C@H]1C[C@H](CC(C)C)N[C@]12C(=O)Nc1ccc(F)cc12. The molecule has 164 valence electrons. The molecule has 4 rings (SSSR count). The fraction of sp³-hybridized carbons (Fsp3) is 0.391. The molecule has 8 heteroatoms. The summed E-state index contributed by atoms with van der Waals surface area (Å²) in [7, 11) is 1.50. The van der Waals surface area contributed by atoms with Gasteiger partial charge in [-0.25, -0.2) is 4.39 Å². The summed E-state index contributed by atoms with van der Waals surface area (Å²) in [5, 5.41) is 9.53. The average molecular weight is 446 g/mol. The van der Waals surface area contributed by atoms with Gasteiger partial charge in [0.05, 0.1) is 18.7 Å². The van der Waals surface area contributed by atoms with Crippen LogP contribution < -0.4 is 20.7 Å². The maximum atomic E-state index is 14.2. The molecule has 0 unspecified atom stereocenters. The Balaban J connectivity index is 1.74. The van der Waals surface area contributed by atoms with E-state index >= 15 is 0 Å². The molecule has 3 atom stereocenters. The Morgan fingerprint density at radius 3 is 2.81 bits per heavy atom. The number of benzene rings is 2. The van der Waals surface area contributed by atoms with E-state index in [1.165, 1.54) is 25.3 Å². The van der Waals surface area contributed by atoms with Crippen molar-refractivity contribution in [3.05, 3.63) is 52.8 Å². The van der Waals surface area contributed by atoms with Crippen LogP contribution in [-0.2, 0) is 15.1 Å². The first kappa shape index (κ1) is 21.6. The fourth-order valence-electron chi connectivity index (χ4n) is 4.75. The van der Waals surface area contributed by atoms with Gasteiger partial charge in [-0.15, -0.1) is 0 Å². The lowest BCUT2D eigenvalue weighted by Crippen LogP contribution is -2.52. The first-order chi connectivity index (χ1) is 14.7. The molecule has 0 aromatic heterocycles. The molecule has 2 amide bonds. The van der Waals surface area contributed by atoms with Crippen LogP contribution in [-0.4, -0.2) is 25.0 Å². The normalized spacial score (nSPS) is 24.4. The number of carbonyl (C=O) groups excluding carboxylic acids is 2. The molecule has 0 saturated carbocycles. The second kappa shape index (κ2) is 8.13. The lowest BCUT2D eigenvalue weighted by atomic mass is 9.79. The molecule has 31 heavy (non-hydrogen) atoms. The van der Waals surface area contributed by atoms with Crippen molar-refractivity contribution in [3.8, 4) is 5.75 Å². The average Bonchev–Trinajstić information content (AvgIpc) is 3.21. The smallest absolute Gasteiger partial charge is 0.250 e. The van der Waals surface area contributed by atoms with Crippen molar-refractivity contribution in [3.63, 3.8) is 0 Å². The van der Waals surface area contributed by atoms with Gasteiger partial charge in [-0.1, -0.05) is 25.4 Å². The third-order valence-electron chi connectivity index (χ3n) is 5.98. The highest BCUT2D eigenvalue weighted by molar-refractivity contribution is 6.31. The van der Waals surface area contributed by atoms with Gasteiger partial charge in [-0.3, -0.25) is 14.9 Å². The van der Waals surface area contributed by atoms with Gasteiger partial charge in [0.25, 0.3) is 0 Å². The zero-order valence-electron chi connectivity index (χ0n) is 17.6. The number of hydrogen-bond acceptors (Lipinski definition) is 4. The predicted octanol–water partition coefficient (Wildman–Crippen LogP) is 4.30. The van der Waals surface area contributed by atoms with E-state index in [0.717, 1.165) is 6.42 Å². The zero-order valence-corrected chi connectivity index (χ0v) is 18.3. The topological polar surface area (TPSA) is 79.5 Å². The minimum absolute atomic E-state index is 0.0722. The quantitative estimate of drug-likeness (QED) is 0.641. The van der Waals surface area contributed by atoms with Gasteiger partial charge in [0.15, 0.2) is 0 Å². The summed E-state index contributed by atoms with van der Waals surface area (Å²) in [6, 6.07) is 9.01. The minimum Gasteiger partial charge on any atom is -0.495 e. The number of rotatable bonds is 5. The maximum Gasteiger partial charge on any atom is 0.250 e. The van der Waals surface area contributed by atoms with Gasteiger partial charge in [-0.05, 0) is 55.2 Å². The summed E-state index contributed by atoms with van der Waals surface area (Å²) in [6.07, 6.45) is 1.22. The second-order valence-corrected chi connectivity index (χ2v) is 8.98. The number of ether oxygens (including phenoxy) is 1. The van der Waals surface area contributed by atoms with E-state index in [9.17, 15) is 14.0 Å². The number of carbonyl (C=O) groups is 2. The standard InChI is InChI=1S/C23H25ClFN3O3/c1-12(2)8-15-11-17(21(29)26-19-9-13(24)4-7-20(19)31-3)23(28-15)16-10-14(25)5-6-18(16)27-22(23)30/h4-7,9-10,12,15,17,28H,8,11H2,1-3H3,(H,26,29)(H,27,30)/t15-,17+,23-/m0/s1. The number of nitrogens with one attached hydrogen (secondary N) is 3. The largest absolute Gasteiger partial charge is 0.495 e. The summed E-state index contributed by atoms with van der Waals surface area (Å²) in [4.78, 5) is 26.7. The third-order valence-corrected chi connectivity index (χ3v) is 6.21. The number of fused-ring (bicyclic) bond motifs is 2. The highest BCUT2D eigenvalue weighted by Gasteiger charge is 2.60. The van der Waals surface area contributed by atoms with E-state index < -0.39 is 17.3 Å². The summed E-state index contributed by atoms with van der Waals surface area (Å²) in [5.74, 6) is -1.09. The van der Waals surface area contributed by atoms with Crippen LogP contribution in [0, 0.1) is 17.7 Å². The molecule has 1 fully saturated rings. The highest BCUT2D eigenvalue weighted by Crippen LogP contribution is 2.48. The molecule has 2 aromatic carbocycles. The Morgan fingerprint density at radius 1 is 1.32 bits per heavy atom. The van der Waals surface area contributed by atoms with Crippen molar-refractivity contribution < 1.29 is 18.7 Å². The Hall–Kier alpha value is -2.64. The molecule has 3 N–H and O–H groups in total. The Kier molecular flexibility index (Phi) is 5.66. The van der Waals surface area contributed by atoms with Crippen LogP contribution in [0.15, 0.2) is 36.4 Å². The van der Waals surface area contributed by atoms with Gasteiger partial charge < -0.3 is 15.4 Å². The molecule has 0 bridgehead atoms. The highest BCUT2D eigenvalue weighted by atomic mass is 35.5. The van der Waals surface area contributed by atoms with E-state index in [-0.39, 0.29) is 17.9 Å². The second-order valence-electron chi connectivity index (χ2n) is 8.54. The van der Waals surface area contributed by atoms with Gasteiger partial charge >= 0.3 is 0 Å². The van der Waals surface area contributed by atoms with Crippen molar-refractivity contribution in [2.45, 2.75) is 38.3 Å². The number of anilines is 2. The summed E-state index contributed by atoms with van der Waals surface area (Å²) >= 11 is 6.10. The first-order valence-corrected chi connectivity index (χ1v) is 10.7. The van der Waals surface area contributed by atoms with Crippen molar-refractivity contribution >= 4 is 34.8 Å². The van der Waals surface area contributed by atoms with Crippen LogP contribution in [0.5, 0.6) is 5.75 Å². The zero-order chi connectivity index (χ0) is 22.3. The lowest BCUT2D eigenvalue weighted by Gasteiger charge is -2.29. The summed E-state index contributed by atoms with van der Waals surface area (Å²) in [6.45, 7) is 4.17. The van der Waals surface area contributed by atoms with Crippen LogP contribution in [0.4, 0.5) is 15.8 Å². The minimum atomic E-state index is -1.34. The Bertz CT molecular complexity index is 1040. The van der Waals surface area contributed by atoms with E-state index in [1.807, 2.05) is 0 Å². The summed E-state index contributed by atoms with van der Waals surface area (Å²) in [5.41, 5.74) is 0.0527. The molecule has 2 aliphatic heterocycles. The van der Waals surface area contributed by atoms with Gasteiger partial charge in [0.2, 0.25) is 11.8 Å². The maximum absolute atomic E-state index is 14.2. The molecular weight excluding hydrogens is 421 g/mol. The van der Waals surface area contributed by atoms with E-state index in [2.05, 4.69) is 29.8 Å². The number of halogens is 2. The summed E-state index contributed by atoms with van der Waals surface area (Å²) < 4.78 is 19.5. The van der Waals surface area contributed by atoms with Crippen LogP contribution in [0.2, 0.25) is 5.02 Å². The van der Waals surface area contributed by atoms with E-state index in [4.69, 9.17) is 16.3 Å². The fourth-order valence-corrected chi connectivity index (χ4v) is 4.92. The van der Waals surface area contributed by atoms with E-state index in [0.29, 0.717) is 40.0 Å². The molecule has 0 aliphatic carbocycles. The monoisotopic (exact) mass is 445 g/mol. The van der Waals surface area contributed by atoms with Crippen molar-refractivity contribution in [1.29, 1.82) is 0 Å². The van der Waals surface area contributed by atoms with Crippen LogP contribution in [0.25, 0.3) is 0 Å². The van der Waals surface area contributed by atoms with Crippen LogP contribution in [0.1, 0.15) is 32.3 Å². The van der Waals surface area contributed by atoms with E-state index in [1.54, 1.807) is 18.2 Å². The van der Waals surface area contributed by atoms with Gasteiger partial charge in [0, 0.05) is 22.3 Å². The Morgan fingerprint density at radius 2 is 2.10 bits per heavy atom. The molecule has 0 radical (unpaired) electrons. The first-order valence-electron chi connectivity index (χ1n) is 10.3. The Labute approximate surface area is 185 Å². The predicted molar refractivity (Wildman–Crippen MR) is 118 cm³/mol. The third kappa shape index (κ3) is 3.77.